The van der Waals surface area contributed by atoms with E-state index in [1.165, 1.54) is 19.1 Å². The van der Waals surface area contributed by atoms with E-state index in [0.717, 1.165) is 5.56 Å². The van der Waals surface area contributed by atoms with Crippen LogP contribution in [0.5, 0.6) is 0 Å². The number of benzene rings is 1. The highest BCUT2D eigenvalue weighted by Gasteiger charge is 2.29. The Morgan fingerprint density at radius 2 is 1.75 bits per heavy atom. The number of hydrogen-bond acceptors (Lipinski definition) is 4. The van der Waals surface area contributed by atoms with E-state index in [1.807, 2.05) is 44.2 Å². The van der Waals surface area contributed by atoms with Crippen molar-refractivity contribution in [2.24, 2.45) is 0 Å². The maximum absolute atomic E-state index is 12.6. The van der Waals surface area contributed by atoms with Crippen molar-refractivity contribution in [3.8, 4) is 0 Å². The van der Waals surface area contributed by atoms with E-state index in [4.69, 9.17) is 4.74 Å². The number of methoxy groups -OCH3 is 2. The lowest BCUT2D eigenvalue weighted by molar-refractivity contribution is -0.153. The lowest BCUT2D eigenvalue weighted by Crippen LogP contribution is -2.44. The number of amides is 1. The zero-order valence-corrected chi connectivity index (χ0v) is 12.3. The predicted octanol–water partition coefficient (Wildman–Crippen LogP) is 1.78. The summed E-state index contributed by atoms with van der Waals surface area (Å²) in [6.07, 6.45) is -0.719. The van der Waals surface area contributed by atoms with Crippen molar-refractivity contribution in [2.75, 3.05) is 20.8 Å². The quantitative estimate of drug-likeness (QED) is 0.745. The Bertz CT molecular complexity index is 444. The lowest BCUT2D eigenvalue weighted by atomic mass is 10.1. The fourth-order valence-electron chi connectivity index (χ4n) is 1.88. The second-order valence-electron chi connectivity index (χ2n) is 4.66. The third-order valence-corrected chi connectivity index (χ3v) is 3.00. The largest absolute Gasteiger partial charge is 0.468 e. The molecule has 0 aliphatic heterocycles. The van der Waals surface area contributed by atoms with Crippen LogP contribution in [0, 0.1) is 0 Å². The maximum atomic E-state index is 12.6. The Balaban J connectivity index is 2.94. The summed E-state index contributed by atoms with van der Waals surface area (Å²) in [5, 5.41) is 0. The predicted molar refractivity (Wildman–Crippen MR) is 75.1 cm³/mol. The fourth-order valence-corrected chi connectivity index (χ4v) is 1.88. The third-order valence-electron chi connectivity index (χ3n) is 3.00. The van der Waals surface area contributed by atoms with Crippen LogP contribution in [0.4, 0.5) is 0 Å². The van der Waals surface area contributed by atoms with Crippen LogP contribution in [0.3, 0.4) is 0 Å². The minimum Gasteiger partial charge on any atom is -0.468 e. The average Bonchev–Trinajstić information content (AvgIpc) is 2.45. The lowest BCUT2D eigenvalue weighted by Gasteiger charge is -2.29. The Morgan fingerprint density at radius 1 is 1.15 bits per heavy atom. The van der Waals surface area contributed by atoms with Gasteiger partial charge < -0.3 is 14.4 Å². The van der Waals surface area contributed by atoms with Gasteiger partial charge in [0.05, 0.1) is 7.11 Å². The second kappa shape index (κ2) is 7.65. The van der Waals surface area contributed by atoms with Gasteiger partial charge in [-0.1, -0.05) is 30.3 Å². The highest BCUT2D eigenvalue weighted by atomic mass is 16.5. The van der Waals surface area contributed by atoms with E-state index < -0.39 is 12.1 Å². The Labute approximate surface area is 119 Å². The van der Waals surface area contributed by atoms with Gasteiger partial charge in [0.2, 0.25) is 0 Å². The third kappa shape index (κ3) is 4.06. The van der Waals surface area contributed by atoms with Gasteiger partial charge in [-0.05, 0) is 19.4 Å². The van der Waals surface area contributed by atoms with E-state index in [1.54, 1.807) is 0 Å². The summed E-state index contributed by atoms with van der Waals surface area (Å²) in [7, 11) is 2.78. The number of esters is 1. The fraction of sp³-hybridized carbons (Fsp3) is 0.467. The molecule has 0 saturated heterocycles. The Hall–Kier alpha value is -1.88. The highest BCUT2D eigenvalue weighted by molar-refractivity contribution is 5.86. The first kappa shape index (κ1) is 16.2. The summed E-state index contributed by atoms with van der Waals surface area (Å²) in [5.74, 6) is -0.700. The Morgan fingerprint density at radius 3 is 2.20 bits per heavy atom. The first-order valence-corrected chi connectivity index (χ1v) is 6.46. The van der Waals surface area contributed by atoms with Crippen molar-refractivity contribution in [3.63, 3.8) is 0 Å². The molecule has 1 atom stereocenters. The zero-order valence-electron chi connectivity index (χ0n) is 12.3. The van der Waals surface area contributed by atoms with Gasteiger partial charge in [0.25, 0.3) is 5.91 Å². The molecule has 1 rings (SSSR count). The molecule has 0 aliphatic carbocycles. The molecule has 1 unspecified atom stereocenters. The first-order chi connectivity index (χ1) is 9.51. The molecule has 0 fully saturated rings. The van der Waals surface area contributed by atoms with Crippen molar-refractivity contribution in [1.29, 1.82) is 0 Å². The summed E-state index contributed by atoms with van der Waals surface area (Å²) in [6, 6.07) is 9.08. The van der Waals surface area contributed by atoms with E-state index in [2.05, 4.69) is 4.74 Å². The van der Waals surface area contributed by atoms with Gasteiger partial charge in [0.1, 0.15) is 6.54 Å². The van der Waals surface area contributed by atoms with E-state index >= 15 is 0 Å². The van der Waals surface area contributed by atoms with E-state index in [9.17, 15) is 9.59 Å². The van der Waals surface area contributed by atoms with Gasteiger partial charge in [0, 0.05) is 13.2 Å². The summed E-state index contributed by atoms with van der Waals surface area (Å²) < 4.78 is 9.93. The van der Waals surface area contributed by atoms with Gasteiger partial charge in [0.15, 0.2) is 6.10 Å². The van der Waals surface area contributed by atoms with Gasteiger partial charge in [-0.3, -0.25) is 9.59 Å². The maximum Gasteiger partial charge on any atom is 0.325 e. The Kier molecular flexibility index (Phi) is 6.18. The molecule has 1 amide bonds. The molecule has 20 heavy (non-hydrogen) atoms. The summed E-state index contributed by atoms with van der Waals surface area (Å²) in [6.45, 7) is 3.61. The molecule has 0 spiro atoms. The number of ether oxygens (including phenoxy) is 2. The van der Waals surface area contributed by atoms with E-state index in [-0.39, 0.29) is 18.5 Å². The minimum absolute atomic E-state index is 0.0836. The average molecular weight is 279 g/mol. The van der Waals surface area contributed by atoms with Crippen molar-refractivity contribution >= 4 is 11.9 Å². The van der Waals surface area contributed by atoms with Crippen LogP contribution in [-0.2, 0) is 19.1 Å². The molecule has 1 aromatic rings. The standard InChI is InChI=1S/C15H21NO4/c1-11(2)16(10-13(17)19-3)15(18)14(20-4)12-8-6-5-7-9-12/h5-9,11,14H,10H2,1-4H3. The summed E-state index contributed by atoms with van der Waals surface area (Å²) in [4.78, 5) is 25.4. The van der Waals surface area contributed by atoms with Gasteiger partial charge >= 0.3 is 5.97 Å². The van der Waals surface area contributed by atoms with Crippen LogP contribution in [0.2, 0.25) is 0 Å². The SMILES string of the molecule is COC(=O)CN(C(=O)C(OC)c1ccccc1)C(C)C. The highest BCUT2D eigenvalue weighted by Crippen LogP contribution is 2.20. The van der Waals surface area contributed by atoms with Gasteiger partial charge in [-0.25, -0.2) is 0 Å². The van der Waals surface area contributed by atoms with Crippen LogP contribution in [0.15, 0.2) is 30.3 Å². The van der Waals surface area contributed by atoms with Crippen molar-refractivity contribution in [1.82, 2.24) is 4.90 Å². The van der Waals surface area contributed by atoms with Crippen molar-refractivity contribution in [2.45, 2.75) is 26.0 Å². The number of carbonyl (C=O) groups is 2. The van der Waals surface area contributed by atoms with Crippen LogP contribution < -0.4 is 0 Å². The summed E-state index contributed by atoms with van der Waals surface area (Å²) >= 11 is 0. The molecule has 0 N–H and O–H groups in total. The molecule has 0 saturated carbocycles. The first-order valence-electron chi connectivity index (χ1n) is 6.46. The topological polar surface area (TPSA) is 55.8 Å². The molecule has 0 radical (unpaired) electrons. The second-order valence-corrected chi connectivity index (χ2v) is 4.66. The molecule has 5 heteroatoms. The molecule has 5 nitrogen and oxygen atoms in total. The molecule has 0 bridgehead atoms. The van der Waals surface area contributed by atoms with Crippen LogP contribution in [0.25, 0.3) is 0 Å². The normalized spacial score (nSPS) is 12.1. The molecule has 0 heterocycles. The zero-order chi connectivity index (χ0) is 15.1. The molecular weight excluding hydrogens is 258 g/mol. The smallest absolute Gasteiger partial charge is 0.325 e. The number of rotatable bonds is 6. The van der Waals surface area contributed by atoms with Crippen molar-refractivity contribution < 1.29 is 19.1 Å². The number of hydrogen-bond donors (Lipinski definition) is 0. The minimum atomic E-state index is -0.719. The van der Waals surface area contributed by atoms with Gasteiger partial charge in [-0.15, -0.1) is 0 Å². The molecular formula is C15H21NO4. The number of carbonyl (C=O) groups excluding carboxylic acids is 2. The van der Waals surface area contributed by atoms with E-state index in [0.29, 0.717) is 0 Å². The molecule has 1 aromatic carbocycles. The molecule has 110 valence electrons. The van der Waals surface area contributed by atoms with Crippen LogP contribution in [-0.4, -0.2) is 43.6 Å². The van der Waals surface area contributed by atoms with Crippen molar-refractivity contribution in [3.05, 3.63) is 35.9 Å². The summed E-state index contributed by atoms with van der Waals surface area (Å²) in [5.41, 5.74) is 0.760. The van der Waals surface area contributed by atoms with Gasteiger partial charge in [-0.2, -0.15) is 0 Å². The monoisotopic (exact) mass is 279 g/mol. The molecule has 0 aliphatic rings. The molecule has 0 aromatic heterocycles. The number of nitrogens with zero attached hydrogens (tertiary/aromatic N) is 1. The van der Waals surface area contributed by atoms with Crippen LogP contribution in [0.1, 0.15) is 25.5 Å². The van der Waals surface area contributed by atoms with Crippen LogP contribution >= 0.6 is 0 Å².